The number of carbonyl (C=O) groups is 5. The summed E-state index contributed by atoms with van der Waals surface area (Å²) in [6.45, 7) is 1.00. The lowest BCUT2D eigenvalue weighted by Gasteiger charge is -2.18. The maximum Gasteiger partial charge on any atom is 0.371 e. The van der Waals surface area contributed by atoms with Crippen LogP contribution in [-0.2, 0) is 24.0 Å². The molecule has 0 saturated heterocycles. The van der Waals surface area contributed by atoms with Gasteiger partial charge in [-0.3, -0.25) is 14.4 Å². The number of carboxylic acids is 4. The lowest BCUT2D eigenvalue weighted by atomic mass is 9.96. The summed E-state index contributed by atoms with van der Waals surface area (Å²) >= 11 is 0. The van der Waals surface area contributed by atoms with Crippen LogP contribution in [0, 0.1) is 0 Å². The van der Waals surface area contributed by atoms with Gasteiger partial charge in [0.2, 0.25) is 5.78 Å². The van der Waals surface area contributed by atoms with Crippen LogP contribution in [0.15, 0.2) is 24.8 Å². The summed E-state index contributed by atoms with van der Waals surface area (Å²) in [6, 6.07) is 1.78. The zero-order chi connectivity index (χ0) is 20.0. The highest BCUT2D eigenvalue weighted by molar-refractivity contribution is 6.31. The van der Waals surface area contributed by atoms with Gasteiger partial charge in [-0.2, -0.15) is 0 Å². The maximum atomic E-state index is 10.3. The number of hydrogen-bond donors (Lipinski definition) is 5. The van der Waals surface area contributed by atoms with Gasteiger partial charge in [0.25, 0.3) is 0 Å². The molecule has 0 spiro atoms. The molecule has 1 aromatic rings. The van der Waals surface area contributed by atoms with E-state index in [1.165, 1.54) is 6.33 Å². The number of aliphatic carboxylic acids is 4. The van der Waals surface area contributed by atoms with Crippen LogP contribution in [0.1, 0.15) is 19.8 Å². The van der Waals surface area contributed by atoms with Crippen LogP contribution in [0.4, 0.5) is 0 Å². The summed E-state index contributed by atoms with van der Waals surface area (Å²) in [5.41, 5.74) is -2.74. The Balaban J connectivity index is 0. The third-order valence-corrected chi connectivity index (χ3v) is 2.06. The first-order valence-corrected chi connectivity index (χ1v) is 6.25. The highest BCUT2D eigenvalue weighted by Crippen LogP contribution is 2.15. The Bertz CT molecular complexity index is 547. The van der Waals surface area contributed by atoms with Crippen LogP contribution in [-0.4, -0.2) is 70.8 Å². The summed E-state index contributed by atoms with van der Waals surface area (Å²) in [5, 5.41) is 41.5. The molecule has 1 rings (SSSR count). The van der Waals surface area contributed by atoms with E-state index in [1.54, 1.807) is 18.5 Å². The van der Waals surface area contributed by atoms with Crippen LogP contribution in [0.5, 0.6) is 0 Å². The predicted molar refractivity (Wildman–Crippen MR) is 77.4 cm³/mol. The zero-order valence-electron chi connectivity index (χ0n) is 12.9. The molecule has 0 aliphatic rings. The first-order chi connectivity index (χ1) is 11.4. The SMILES string of the molecule is CC(=O)C(=O)O.O=C(O)CC(O)(CC(=O)O)C(=O)O.c1cncnc1. The Morgan fingerprint density at radius 3 is 1.36 bits per heavy atom. The van der Waals surface area contributed by atoms with Crippen LogP contribution in [0.25, 0.3) is 0 Å². The van der Waals surface area contributed by atoms with Gasteiger partial charge < -0.3 is 25.5 Å². The Morgan fingerprint density at radius 2 is 1.24 bits per heavy atom. The second-order valence-corrected chi connectivity index (χ2v) is 4.24. The van der Waals surface area contributed by atoms with Crippen molar-refractivity contribution < 1.29 is 49.5 Å². The van der Waals surface area contributed by atoms with E-state index < -0.39 is 48.1 Å². The number of carboxylic acid groups (broad SMARTS) is 4. The molecular weight excluding hydrogens is 344 g/mol. The Hall–Kier alpha value is -3.41. The third-order valence-electron chi connectivity index (χ3n) is 2.06. The molecule has 12 nitrogen and oxygen atoms in total. The van der Waals surface area contributed by atoms with E-state index in [0.717, 1.165) is 6.92 Å². The van der Waals surface area contributed by atoms with E-state index in [1.807, 2.05) is 0 Å². The highest BCUT2D eigenvalue weighted by Gasteiger charge is 2.40. The normalized spacial score (nSPS) is 9.36. The fraction of sp³-hybridized carbons (Fsp3) is 0.308. The molecule has 1 aromatic heterocycles. The van der Waals surface area contributed by atoms with Gasteiger partial charge in [-0.15, -0.1) is 0 Å². The molecule has 0 saturated carbocycles. The van der Waals surface area contributed by atoms with E-state index >= 15 is 0 Å². The van der Waals surface area contributed by atoms with Gasteiger partial charge in [0, 0.05) is 19.3 Å². The Morgan fingerprint density at radius 1 is 0.880 bits per heavy atom. The lowest BCUT2D eigenvalue weighted by Crippen LogP contribution is -2.42. The van der Waals surface area contributed by atoms with Crippen molar-refractivity contribution in [3.8, 4) is 0 Å². The number of rotatable bonds is 6. The maximum absolute atomic E-state index is 10.3. The molecule has 1 heterocycles. The van der Waals surface area contributed by atoms with Crippen LogP contribution < -0.4 is 0 Å². The van der Waals surface area contributed by atoms with Crippen LogP contribution >= 0.6 is 0 Å². The van der Waals surface area contributed by atoms with Gasteiger partial charge in [-0.05, 0) is 6.07 Å². The molecule has 12 heteroatoms. The topological polar surface area (TPSA) is 212 Å². The molecule has 0 bridgehead atoms. The van der Waals surface area contributed by atoms with Gasteiger partial charge in [0.15, 0.2) is 5.60 Å². The molecule has 0 unspecified atom stereocenters. The highest BCUT2D eigenvalue weighted by atomic mass is 16.4. The van der Waals surface area contributed by atoms with E-state index in [4.69, 9.17) is 25.5 Å². The van der Waals surface area contributed by atoms with E-state index in [9.17, 15) is 24.0 Å². The van der Waals surface area contributed by atoms with Gasteiger partial charge >= 0.3 is 23.9 Å². The molecule has 0 radical (unpaired) electrons. The molecule has 0 aromatic carbocycles. The molecule has 5 N–H and O–H groups in total. The number of carbonyl (C=O) groups excluding carboxylic acids is 1. The van der Waals surface area contributed by atoms with Gasteiger partial charge in [-0.1, -0.05) is 0 Å². The van der Waals surface area contributed by atoms with Crippen molar-refractivity contribution >= 4 is 29.7 Å². The molecule has 0 aliphatic heterocycles. The van der Waals surface area contributed by atoms with Gasteiger partial charge in [-0.25, -0.2) is 19.6 Å². The summed E-state index contributed by atoms with van der Waals surface area (Å²) < 4.78 is 0. The summed E-state index contributed by atoms with van der Waals surface area (Å²) in [4.78, 5) is 56.7. The minimum absolute atomic E-state index is 0.824. The van der Waals surface area contributed by atoms with E-state index in [0.29, 0.717) is 0 Å². The molecule has 0 fully saturated rings. The smallest absolute Gasteiger partial charge is 0.371 e. The summed E-state index contributed by atoms with van der Waals surface area (Å²) in [5.74, 6) is -7.22. The quantitative estimate of drug-likeness (QED) is 0.382. The largest absolute Gasteiger partial charge is 0.481 e. The van der Waals surface area contributed by atoms with Crippen molar-refractivity contribution in [1.29, 1.82) is 0 Å². The molecule has 138 valence electrons. The first-order valence-electron chi connectivity index (χ1n) is 6.25. The third kappa shape index (κ3) is 13.9. The van der Waals surface area contributed by atoms with Crippen molar-refractivity contribution in [2.75, 3.05) is 0 Å². The monoisotopic (exact) mass is 360 g/mol. The Kier molecular flexibility index (Phi) is 11.5. The zero-order valence-corrected chi connectivity index (χ0v) is 12.9. The molecule has 0 atom stereocenters. The molecule has 0 amide bonds. The van der Waals surface area contributed by atoms with Crippen molar-refractivity contribution in [1.82, 2.24) is 9.97 Å². The van der Waals surface area contributed by atoms with E-state index in [-0.39, 0.29) is 0 Å². The van der Waals surface area contributed by atoms with E-state index in [2.05, 4.69) is 9.97 Å². The fourth-order valence-electron chi connectivity index (χ4n) is 0.967. The first kappa shape index (κ1) is 23.9. The fourth-order valence-corrected chi connectivity index (χ4v) is 0.967. The lowest BCUT2D eigenvalue weighted by molar-refractivity contribution is -0.170. The van der Waals surface area contributed by atoms with Crippen molar-refractivity contribution in [2.24, 2.45) is 0 Å². The average Bonchev–Trinajstić information content (AvgIpc) is 2.48. The average molecular weight is 360 g/mol. The summed E-state index contributed by atoms with van der Waals surface area (Å²) in [7, 11) is 0. The number of nitrogens with zero attached hydrogens (tertiary/aromatic N) is 2. The van der Waals surface area contributed by atoms with Crippen molar-refractivity contribution in [3.05, 3.63) is 24.8 Å². The Labute approximate surface area is 140 Å². The number of aliphatic hydroxyl groups is 1. The minimum atomic E-state index is -2.74. The van der Waals surface area contributed by atoms with Crippen molar-refractivity contribution in [2.45, 2.75) is 25.4 Å². The second-order valence-electron chi connectivity index (χ2n) is 4.24. The summed E-state index contributed by atoms with van der Waals surface area (Å²) in [6.07, 6.45) is 2.59. The number of Topliss-reactive ketones (excluding diaryl/α,β-unsaturated/α-hetero) is 1. The minimum Gasteiger partial charge on any atom is -0.481 e. The van der Waals surface area contributed by atoms with Crippen molar-refractivity contribution in [3.63, 3.8) is 0 Å². The molecule has 0 aliphatic carbocycles. The molecule has 25 heavy (non-hydrogen) atoms. The molecular formula is C13H16N2O10. The van der Waals surface area contributed by atoms with Crippen LogP contribution in [0.3, 0.4) is 0 Å². The second kappa shape index (κ2) is 12.1. The number of aromatic nitrogens is 2. The predicted octanol–water partition coefficient (Wildman–Crippen LogP) is -1.11. The standard InChI is InChI=1S/C6H8O7.C4H4N2.C3H4O3/c7-3(8)1-6(13,5(11)12)2-4(9)10;1-2-5-4-6-3-1;1-2(4)3(5)6/h13H,1-2H2,(H,7,8)(H,9,10)(H,11,12);1-4H;1H3,(H,5,6). The van der Waals surface area contributed by atoms with Gasteiger partial charge in [0.1, 0.15) is 6.33 Å². The van der Waals surface area contributed by atoms with Crippen LogP contribution in [0.2, 0.25) is 0 Å². The number of ketones is 1. The van der Waals surface area contributed by atoms with Gasteiger partial charge in [0.05, 0.1) is 12.8 Å². The number of hydrogen-bond acceptors (Lipinski definition) is 8.